The third-order valence-electron chi connectivity index (χ3n) is 3.90. The van der Waals surface area contributed by atoms with Crippen LogP contribution in [0.1, 0.15) is 6.92 Å². The minimum Gasteiger partial charge on any atom is -0.423 e. The third kappa shape index (κ3) is 2.37. The van der Waals surface area contributed by atoms with E-state index in [1.54, 1.807) is 16.8 Å². The fraction of sp³-hybridized carbons (Fsp3) is 0.333. The number of halogens is 1. The van der Waals surface area contributed by atoms with Crippen molar-refractivity contribution < 1.29 is 4.42 Å². The molecule has 1 saturated heterocycles. The Kier molecular flexibility index (Phi) is 3.52. The molecule has 1 aromatic carbocycles. The first-order valence-corrected chi connectivity index (χ1v) is 8.50. The summed E-state index contributed by atoms with van der Waals surface area (Å²) in [4.78, 5) is 11.2. The lowest BCUT2D eigenvalue weighted by atomic mass is 10.1. The second-order valence-electron chi connectivity index (χ2n) is 5.42. The Morgan fingerprint density at radius 3 is 3.14 bits per heavy atom. The lowest BCUT2D eigenvalue weighted by molar-refractivity contribution is 0.456. The van der Waals surface area contributed by atoms with Crippen LogP contribution in [0.5, 0.6) is 0 Å². The smallest absolute Gasteiger partial charge is 0.298 e. The molecule has 1 aliphatic heterocycles. The number of anilines is 1. The SMILES string of the molecule is C[C@H]1CNCCN1c1nc2cc(Cl)cc(-c3cscn3)c2o1. The van der Waals surface area contributed by atoms with Crippen LogP contribution in [0, 0.1) is 0 Å². The molecule has 1 fully saturated rings. The number of fused-ring (bicyclic) bond motifs is 1. The summed E-state index contributed by atoms with van der Waals surface area (Å²) in [5.41, 5.74) is 5.09. The molecular formula is C15H15ClN4OS. The average Bonchev–Trinajstić information content (AvgIpc) is 3.15. The number of piperazine rings is 1. The number of nitrogens with zero attached hydrogens (tertiary/aromatic N) is 3. The number of nitrogens with one attached hydrogen (secondary N) is 1. The summed E-state index contributed by atoms with van der Waals surface area (Å²) in [6.45, 7) is 4.91. The second kappa shape index (κ2) is 5.53. The number of thiazole rings is 1. The van der Waals surface area contributed by atoms with Crippen molar-refractivity contribution in [3.63, 3.8) is 0 Å². The van der Waals surface area contributed by atoms with Gasteiger partial charge in [-0.25, -0.2) is 4.98 Å². The van der Waals surface area contributed by atoms with Crippen LogP contribution in [0.2, 0.25) is 5.02 Å². The normalized spacial score (nSPS) is 19.0. The number of oxazole rings is 1. The fourth-order valence-electron chi connectivity index (χ4n) is 2.77. The Hall–Kier alpha value is -1.63. The summed E-state index contributed by atoms with van der Waals surface area (Å²) in [6, 6.07) is 4.73. The zero-order valence-corrected chi connectivity index (χ0v) is 13.6. The van der Waals surface area contributed by atoms with Crippen molar-refractivity contribution in [1.29, 1.82) is 0 Å². The molecule has 4 rings (SSSR count). The monoisotopic (exact) mass is 334 g/mol. The Bertz CT molecular complexity index is 801. The molecule has 0 amide bonds. The van der Waals surface area contributed by atoms with Gasteiger partial charge in [-0.15, -0.1) is 11.3 Å². The molecule has 0 unspecified atom stereocenters. The lowest BCUT2D eigenvalue weighted by Gasteiger charge is -2.32. The van der Waals surface area contributed by atoms with E-state index in [-0.39, 0.29) is 0 Å². The van der Waals surface area contributed by atoms with Gasteiger partial charge in [-0.1, -0.05) is 11.6 Å². The van der Waals surface area contributed by atoms with Crippen molar-refractivity contribution in [2.24, 2.45) is 0 Å². The number of aromatic nitrogens is 2. The van der Waals surface area contributed by atoms with Gasteiger partial charge in [0.05, 0.1) is 11.2 Å². The van der Waals surface area contributed by atoms with E-state index in [4.69, 9.17) is 16.0 Å². The maximum absolute atomic E-state index is 6.23. The zero-order chi connectivity index (χ0) is 15.1. The van der Waals surface area contributed by atoms with Gasteiger partial charge in [0.15, 0.2) is 5.58 Å². The summed E-state index contributed by atoms with van der Waals surface area (Å²) in [5.74, 6) is 0. The topological polar surface area (TPSA) is 54.2 Å². The van der Waals surface area contributed by atoms with Gasteiger partial charge in [-0.2, -0.15) is 4.98 Å². The molecule has 22 heavy (non-hydrogen) atoms. The third-order valence-corrected chi connectivity index (χ3v) is 4.70. The van der Waals surface area contributed by atoms with Crippen LogP contribution < -0.4 is 10.2 Å². The Morgan fingerprint density at radius 1 is 1.45 bits per heavy atom. The molecule has 0 radical (unpaired) electrons. The fourth-order valence-corrected chi connectivity index (χ4v) is 3.54. The van der Waals surface area contributed by atoms with Gasteiger partial charge in [-0.05, 0) is 19.1 Å². The number of hydrogen-bond donors (Lipinski definition) is 1. The summed E-state index contributed by atoms with van der Waals surface area (Å²) in [5, 5.41) is 6.00. The Balaban J connectivity index is 1.85. The van der Waals surface area contributed by atoms with E-state index in [0.717, 1.165) is 42.0 Å². The van der Waals surface area contributed by atoms with Crippen molar-refractivity contribution in [1.82, 2.24) is 15.3 Å². The molecule has 0 bridgehead atoms. The molecule has 114 valence electrons. The van der Waals surface area contributed by atoms with Crippen molar-refractivity contribution >= 4 is 40.1 Å². The lowest BCUT2D eigenvalue weighted by Crippen LogP contribution is -2.50. The molecule has 1 aliphatic rings. The second-order valence-corrected chi connectivity index (χ2v) is 6.57. The van der Waals surface area contributed by atoms with Crippen LogP contribution in [0.25, 0.3) is 22.4 Å². The highest BCUT2D eigenvalue weighted by molar-refractivity contribution is 7.07. The van der Waals surface area contributed by atoms with Gasteiger partial charge in [0.2, 0.25) is 0 Å². The maximum Gasteiger partial charge on any atom is 0.298 e. The van der Waals surface area contributed by atoms with E-state index in [9.17, 15) is 0 Å². The molecule has 1 N–H and O–H groups in total. The average molecular weight is 335 g/mol. The summed E-state index contributed by atoms with van der Waals surface area (Å²) >= 11 is 7.78. The van der Waals surface area contributed by atoms with Crippen LogP contribution in [0.3, 0.4) is 0 Å². The molecule has 3 heterocycles. The minimum atomic E-state index is 0.347. The van der Waals surface area contributed by atoms with Gasteiger partial charge < -0.3 is 14.6 Å². The van der Waals surface area contributed by atoms with Crippen LogP contribution in [0.15, 0.2) is 27.4 Å². The van der Waals surface area contributed by atoms with Crippen molar-refractivity contribution in [2.75, 3.05) is 24.5 Å². The highest BCUT2D eigenvalue weighted by atomic mass is 35.5. The number of benzene rings is 1. The summed E-state index contributed by atoms with van der Waals surface area (Å²) in [7, 11) is 0. The van der Waals surface area contributed by atoms with E-state index in [0.29, 0.717) is 17.1 Å². The molecule has 3 aromatic rings. The maximum atomic E-state index is 6.23. The highest BCUT2D eigenvalue weighted by Gasteiger charge is 2.24. The highest BCUT2D eigenvalue weighted by Crippen LogP contribution is 2.34. The van der Waals surface area contributed by atoms with Gasteiger partial charge in [0, 0.05) is 41.6 Å². The predicted octanol–water partition coefficient (Wildman–Crippen LogP) is 3.40. The summed E-state index contributed by atoms with van der Waals surface area (Å²) < 4.78 is 6.08. The largest absolute Gasteiger partial charge is 0.423 e. The predicted molar refractivity (Wildman–Crippen MR) is 89.8 cm³/mol. The van der Waals surface area contributed by atoms with E-state index in [1.807, 2.05) is 17.5 Å². The first-order valence-electron chi connectivity index (χ1n) is 7.18. The first-order chi connectivity index (χ1) is 10.7. The number of rotatable bonds is 2. The van der Waals surface area contributed by atoms with E-state index in [2.05, 4.69) is 27.1 Å². The first kappa shape index (κ1) is 14.0. The molecule has 2 aromatic heterocycles. The molecule has 0 spiro atoms. The molecular weight excluding hydrogens is 320 g/mol. The molecule has 0 aliphatic carbocycles. The van der Waals surface area contributed by atoms with Crippen LogP contribution in [-0.2, 0) is 0 Å². The zero-order valence-electron chi connectivity index (χ0n) is 12.0. The summed E-state index contributed by atoms with van der Waals surface area (Å²) in [6.07, 6.45) is 0. The van der Waals surface area contributed by atoms with Gasteiger partial charge in [-0.3, -0.25) is 0 Å². The molecule has 1 atom stereocenters. The molecule has 5 nitrogen and oxygen atoms in total. The van der Waals surface area contributed by atoms with E-state index in [1.165, 1.54) is 0 Å². The van der Waals surface area contributed by atoms with Crippen LogP contribution >= 0.6 is 22.9 Å². The molecule has 7 heteroatoms. The minimum absolute atomic E-state index is 0.347. The standard InChI is InChI=1S/C15H15ClN4OS/c1-9-6-17-2-3-20(9)15-19-12-5-10(16)4-11(14(12)21-15)13-7-22-8-18-13/h4-5,7-9,17H,2-3,6H2,1H3/t9-/m0/s1. The van der Waals surface area contributed by atoms with Crippen molar-refractivity contribution in [2.45, 2.75) is 13.0 Å². The Morgan fingerprint density at radius 2 is 2.36 bits per heavy atom. The van der Waals surface area contributed by atoms with Gasteiger partial charge >= 0.3 is 0 Å². The quantitative estimate of drug-likeness (QED) is 0.778. The van der Waals surface area contributed by atoms with Crippen molar-refractivity contribution in [3.05, 3.63) is 28.0 Å². The number of hydrogen-bond acceptors (Lipinski definition) is 6. The van der Waals surface area contributed by atoms with Crippen molar-refractivity contribution in [3.8, 4) is 11.3 Å². The van der Waals surface area contributed by atoms with E-state index < -0.39 is 0 Å². The van der Waals surface area contributed by atoms with Gasteiger partial charge in [0.25, 0.3) is 6.01 Å². The van der Waals surface area contributed by atoms with Gasteiger partial charge in [0.1, 0.15) is 5.52 Å². The molecule has 0 saturated carbocycles. The Labute approximate surface area is 136 Å². The van der Waals surface area contributed by atoms with Crippen LogP contribution in [0.4, 0.5) is 6.01 Å². The van der Waals surface area contributed by atoms with E-state index >= 15 is 0 Å². The van der Waals surface area contributed by atoms with Crippen LogP contribution in [-0.4, -0.2) is 35.6 Å².